The summed E-state index contributed by atoms with van der Waals surface area (Å²) in [5.74, 6) is 1.55. The Kier molecular flexibility index (Phi) is 8.77. The SMILES string of the molecule is COc1ccc(C(C)(C)C2CC2)cc1[C@H](C(=O)O)N1CC[C@@H](OCCCCCc2ccc3c(n2)NCCC3)C1. The van der Waals surface area contributed by atoms with Gasteiger partial charge in [-0.1, -0.05) is 32.4 Å². The first-order chi connectivity index (χ1) is 18.9. The monoisotopic (exact) mass is 535 g/mol. The van der Waals surface area contributed by atoms with Crippen molar-refractivity contribution in [3.05, 3.63) is 52.7 Å². The number of methoxy groups -OCH3 is 1. The smallest absolute Gasteiger partial charge is 0.325 e. The van der Waals surface area contributed by atoms with Gasteiger partial charge in [0.1, 0.15) is 17.6 Å². The molecule has 7 nitrogen and oxygen atoms in total. The minimum absolute atomic E-state index is 0.0353. The zero-order chi connectivity index (χ0) is 27.4. The van der Waals surface area contributed by atoms with Crippen LogP contribution in [0.1, 0.15) is 87.2 Å². The molecule has 2 atom stereocenters. The number of unbranched alkanes of at least 4 members (excludes halogenated alkanes) is 2. The van der Waals surface area contributed by atoms with Crippen molar-refractivity contribution in [1.82, 2.24) is 9.88 Å². The number of pyridine rings is 1. The van der Waals surface area contributed by atoms with E-state index in [1.165, 1.54) is 30.4 Å². The molecule has 2 N–H and O–H groups in total. The Morgan fingerprint density at radius 2 is 2.03 bits per heavy atom. The van der Waals surface area contributed by atoms with Crippen LogP contribution in [0.25, 0.3) is 0 Å². The van der Waals surface area contributed by atoms with Gasteiger partial charge in [-0.05, 0) is 92.0 Å². The maximum Gasteiger partial charge on any atom is 0.325 e. The van der Waals surface area contributed by atoms with Crippen molar-refractivity contribution in [1.29, 1.82) is 0 Å². The summed E-state index contributed by atoms with van der Waals surface area (Å²) in [5.41, 5.74) is 4.48. The Morgan fingerprint density at radius 3 is 2.79 bits per heavy atom. The fourth-order valence-corrected chi connectivity index (χ4v) is 6.34. The summed E-state index contributed by atoms with van der Waals surface area (Å²) in [6.45, 7) is 7.61. The van der Waals surface area contributed by atoms with Crippen LogP contribution >= 0.6 is 0 Å². The third kappa shape index (κ3) is 6.58. The molecule has 39 heavy (non-hydrogen) atoms. The lowest BCUT2D eigenvalue weighted by molar-refractivity contribution is -0.143. The number of carboxylic acid groups (broad SMARTS) is 1. The van der Waals surface area contributed by atoms with Crippen LogP contribution in [0, 0.1) is 5.92 Å². The topological polar surface area (TPSA) is 83.9 Å². The van der Waals surface area contributed by atoms with Gasteiger partial charge in [-0.2, -0.15) is 0 Å². The number of hydrogen-bond acceptors (Lipinski definition) is 6. The second-order valence-corrected chi connectivity index (χ2v) is 12.1. The maximum absolute atomic E-state index is 12.6. The highest BCUT2D eigenvalue weighted by Crippen LogP contribution is 2.48. The quantitative estimate of drug-likeness (QED) is 0.315. The van der Waals surface area contributed by atoms with Crippen LogP contribution in [0.3, 0.4) is 0 Å². The van der Waals surface area contributed by atoms with Crippen LogP contribution in [-0.4, -0.2) is 60.4 Å². The molecular formula is C32H45N3O4. The molecule has 0 spiro atoms. The molecule has 1 aliphatic carbocycles. The second-order valence-electron chi connectivity index (χ2n) is 12.1. The van der Waals surface area contributed by atoms with Crippen molar-refractivity contribution in [2.75, 3.05) is 38.7 Å². The molecule has 2 aliphatic heterocycles. The van der Waals surface area contributed by atoms with E-state index < -0.39 is 12.0 Å². The van der Waals surface area contributed by atoms with E-state index in [0.29, 0.717) is 31.4 Å². The van der Waals surface area contributed by atoms with E-state index >= 15 is 0 Å². The van der Waals surface area contributed by atoms with Crippen molar-refractivity contribution in [3.63, 3.8) is 0 Å². The summed E-state index contributed by atoms with van der Waals surface area (Å²) in [4.78, 5) is 19.4. The van der Waals surface area contributed by atoms with E-state index in [1.54, 1.807) is 7.11 Å². The summed E-state index contributed by atoms with van der Waals surface area (Å²) in [7, 11) is 1.62. The molecular weight excluding hydrogens is 490 g/mol. The van der Waals surface area contributed by atoms with Crippen molar-refractivity contribution >= 4 is 11.8 Å². The number of carboxylic acids is 1. The number of benzene rings is 1. The summed E-state index contributed by atoms with van der Waals surface area (Å²) < 4.78 is 11.8. The van der Waals surface area contributed by atoms with Crippen molar-refractivity contribution in [2.45, 2.75) is 89.2 Å². The van der Waals surface area contributed by atoms with Crippen LogP contribution in [0.5, 0.6) is 5.75 Å². The molecule has 1 saturated carbocycles. The number of aryl methyl sites for hydroxylation is 2. The lowest BCUT2D eigenvalue weighted by Gasteiger charge is -2.30. The van der Waals surface area contributed by atoms with Crippen molar-refractivity contribution in [2.24, 2.45) is 5.92 Å². The third-order valence-corrected chi connectivity index (χ3v) is 9.02. The van der Waals surface area contributed by atoms with Gasteiger partial charge in [0.05, 0.1) is 13.2 Å². The van der Waals surface area contributed by atoms with Gasteiger partial charge in [-0.3, -0.25) is 9.69 Å². The van der Waals surface area contributed by atoms with Gasteiger partial charge in [-0.25, -0.2) is 4.98 Å². The van der Waals surface area contributed by atoms with Crippen LogP contribution < -0.4 is 10.1 Å². The standard InChI is InChI=1S/C32H45N3O4/c1-32(2,23-11-12-23)24-13-15-28(38-3)27(20-24)29(31(36)37)35-18-16-26(21-35)39-19-6-4-5-9-25-14-10-22-8-7-17-33-30(22)34-25/h10,13-15,20,23,26,29H,4-9,11-12,16-19,21H2,1-3H3,(H,33,34)(H,36,37)/t26-,29-/m1/s1. The second kappa shape index (κ2) is 12.3. The van der Waals surface area contributed by atoms with Crippen LogP contribution in [0.2, 0.25) is 0 Å². The number of ether oxygens (including phenoxy) is 2. The Hall–Kier alpha value is -2.64. The molecule has 0 radical (unpaired) electrons. The van der Waals surface area contributed by atoms with E-state index in [9.17, 15) is 9.90 Å². The number of aromatic nitrogens is 1. The Balaban J connectivity index is 1.11. The van der Waals surface area contributed by atoms with Gasteiger partial charge in [0.2, 0.25) is 0 Å². The predicted octanol–water partition coefficient (Wildman–Crippen LogP) is 5.77. The number of nitrogens with zero attached hydrogens (tertiary/aromatic N) is 2. The van der Waals surface area contributed by atoms with Gasteiger partial charge in [0.25, 0.3) is 0 Å². The van der Waals surface area contributed by atoms with Crippen LogP contribution in [0.15, 0.2) is 30.3 Å². The molecule has 1 saturated heterocycles. The predicted molar refractivity (Wildman–Crippen MR) is 154 cm³/mol. The highest BCUT2D eigenvalue weighted by molar-refractivity contribution is 5.77. The Bertz CT molecular complexity index is 1150. The van der Waals surface area contributed by atoms with E-state index in [4.69, 9.17) is 14.5 Å². The Morgan fingerprint density at radius 1 is 1.18 bits per heavy atom. The fraction of sp³-hybridized carbons (Fsp3) is 0.625. The molecule has 7 heteroatoms. The van der Waals surface area contributed by atoms with E-state index in [0.717, 1.165) is 62.1 Å². The zero-order valence-electron chi connectivity index (χ0n) is 23.9. The first-order valence-electron chi connectivity index (χ1n) is 14.9. The molecule has 0 amide bonds. The molecule has 5 rings (SSSR count). The summed E-state index contributed by atoms with van der Waals surface area (Å²) in [5, 5.41) is 13.7. The average molecular weight is 536 g/mol. The van der Waals surface area contributed by atoms with Crippen LogP contribution in [0.4, 0.5) is 5.82 Å². The lowest BCUT2D eigenvalue weighted by atomic mass is 9.79. The summed E-state index contributed by atoms with van der Waals surface area (Å²) >= 11 is 0. The van der Waals surface area contributed by atoms with Gasteiger partial charge in [0.15, 0.2) is 0 Å². The number of likely N-dealkylation sites (tertiary alicyclic amines) is 1. The molecule has 1 aromatic carbocycles. The molecule has 0 unspecified atom stereocenters. The van der Waals surface area contributed by atoms with E-state index in [1.807, 2.05) is 6.07 Å². The van der Waals surface area contributed by atoms with Gasteiger partial charge in [-0.15, -0.1) is 0 Å². The fourth-order valence-electron chi connectivity index (χ4n) is 6.34. The maximum atomic E-state index is 12.6. The number of rotatable bonds is 13. The molecule has 212 valence electrons. The third-order valence-electron chi connectivity index (χ3n) is 9.02. The van der Waals surface area contributed by atoms with Crippen molar-refractivity contribution in [3.8, 4) is 5.75 Å². The largest absolute Gasteiger partial charge is 0.496 e. The minimum atomic E-state index is -0.832. The van der Waals surface area contributed by atoms with E-state index in [2.05, 4.69) is 48.3 Å². The number of nitrogens with one attached hydrogen (secondary N) is 1. The highest BCUT2D eigenvalue weighted by atomic mass is 16.5. The molecule has 3 aliphatic rings. The minimum Gasteiger partial charge on any atom is -0.496 e. The van der Waals surface area contributed by atoms with E-state index in [-0.39, 0.29) is 11.5 Å². The number of carbonyl (C=O) groups is 1. The molecule has 1 aromatic heterocycles. The van der Waals surface area contributed by atoms with Gasteiger partial charge < -0.3 is 19.9 Å². The average Bonchev–Trinajstić information content (AvgIpc) is 3.71. The molecule has 2 aromatic rings. The lowest BCUT2D eigenvalue weighted by Crippen LogP contribution is -2.34. The normalized spacial score (nSPS) is 20.3. The molecule has 2 fully saturated rings. The number of fused-ring (bicyclic) bond motifs is 1. The van der Waals surface area contributed by atoms with Gasteiger partial charge in [0, 0.05) is 37.5 Å². The first-order valence-corrected chi connectivity index (χ1v) is 14.9. The Labute approximate surface area is 233 Å². The first kappa shape index (κ1) is 27.9. The zero-order valence-corrected chi connectivity index (χ0v) is 23.9. The molecule has 0 bridgehead atoms. The van der Waals surface area contributed by atoms with Crippen LogP contribution in [-0.2, 0) is 27.8 Å². The summed E-state index contributed by atoms with van der Waals surface area (Å²) in [6.07, 6.45) is 9.90. The number of aliphatic carboxylic acids is 1. The van der Waals surface area contributed by atoms with Gasteiger partial charge >= 0.3 is 5.97 Å². The van der Waals surface area contributed by atoms with Crippen molar-refractivity contribution < 1.29 is 19.4 Å². The number of anilines is 1. The highest BCUT2D eigenvalue weighted by Gasteiger charge is 2.41. The summed E-state index contributed by atoms with van der Waals surface area (Å²) in [6, 6.07) is 9.80. The number of hydrogen-bond donors (Lipinski definition) is 2. The molecule has 3 heterocycles.